The summed E-state index contributed by atoms with van der Waals surface area (Å²) in [5.41, 5.74) is 0.364. The Hall–Kier alpha value is -3.43. The lowest BCUT2D eigenvalue weighted by molar-refractivity contribution is -0.138. The maximum Gasteiger partial charge on any atom is 0.416 e. The fraction of sp³-hybridized carbons (Fsp3) is 0.464. The Kier molecular flexibility index (Phi) is 10.8. The van der Waals surface area contributed by atoms with Crippen LogP contribution < -0.4 is 5.32 Å². The molecular formula is C28H33F3N8O2S2. The molecule has 0 aromatic carbocycles. The number of pyridine rings is 1. The number of amides is 1. The number of carbonyl (C=O) groups excluding carboxylic acids is 2. The molecule has 4 aromatic rings. The molecule has 15 heteroatoms. The van der Waals surface area contributed by atoms with Gasteiger partial charge in [-0.25, -0.2) is 19.9 Å². The minimum absolute atomic E-state index is 0.0509. The van der Waals surface area contributed by atoms with Crippen LogP contribution in [0.2, 0.25) is 0 Å². The molecule has 5 heterocycles. The third-order valence-electron chi connectivity index (χ3n) is 6.60. The summed E-state index contributed by atoms with van der Waals surface area (Å²) in [6.07, 6.45) is 1.57. The lowest BCUT2D eigenvalue weighted by Crippen LogP contribution is -2.35. The number of aryl methyl sites for hydroxylation is 1. The third-order valence-corrected chi connectivity index (χ3v) is 8.84. The second-order valence-corrected chi connectivity index (χ2v) is 12.4. The first-order valence-corrected chi connectivity index (χ1v) is 15.8. The number of alkyl halides is 3. The van der Waals surface area contributed by atoms with Gasteiger partial charge >= 0.3 is 6.18 Å². The summed E-state index contributed by atoms with van der Waals surface area (Å²) in [6, 6.07) is 0.862. The average Bonchev–Trinajstić information content (AvgIpc) is 3.64. The Bertz CT molecular complexity index is 1570. The number of Topliss-reactive ketones (excluding diaryl/α,β-unsaturated/α-hetero) is 1. The van der Waals surface area contributed by atoms with Crippen molar-refractivity contribution in [2.24, 2.45) is 0 Å². The smallest absolute Gasteiger partial charge is 0.306 e. The van der Waals surface area contributed by atoms with E-state index >= 15 is 0 Å². The van der Waals surface area contributed by atoms with Crippen molar-refractivity contribution in [1.29, 1.82) is 0 Å². The molecule has 0 unspecified atom stereocenters. The SMILES string of the molecule is CC(=O)c1ncnc2nn(CCN3CCSCC3)cc12.CCc1cnc(NC(=O)c2cnc(C(C)C)s2)cc1C(F)(F)F. The summed E-state index contributed by atoms with van der Waals surface area (Å²) < 4.78 is 40.9. The zero-order valence-electron chi connectivity index (χ0n) is 24.3. The number of hydrogen-bond donors (Lipinski definition) is 1. The predicted molar refractivity (Wildman–Crippen MR) is 162 cm³/mol. The zero-order valence-corrected chi connectivity index (χ0v) is 25.9. The van der Waals surface area contributed by atoms with Crippen LogP contribution in [0, 0.1) is 0 Å². The molecule has 1 aliphatic heterocycles. The van der Waals surface area contributed by atoms with Crippen LogP contribution in [0.1, 0.15) is 69.9 Å². The van der Waals surface area contributed by atoms with Gasteiger partial charge in [-0.2, -0.15) is 30.0 Å². The van der Waals surface area contributed by atoms with E-state index in [-0.39, 0.29) is 29.5 Å². The molecule has 0 radical (unpaired) electrons. The standard InChI is InChI=1S/C15H16F3N3OS.C13H17N5OS/c1-4-9-6-19-12(5-10(9)15(16,17)18)21-13(22)11-7-20-14(23-11)8(2)3;1-10(19)12-11-8-18(16-13(11)15-9-14-12)3-2-17-4-6-20-7-5-17/h5-8H,4H2,1-3H3,(H,19,21,22);8-9H,2-7H2,1H3. The van der Waals surface area contributed by atoms with E-state index < -0.39 is 17.6 Å². The number of anilines is 1. The number of nitrogens with one attached hydrogen (secondary N) is 1. The first kappa shape index (κ1) is 32.5. The topological polar surface area (TPSA) is 119 Å². The molecule has 0 bridgehead atoms. The number of nitrogens with zero attached hydrogens (tertiary/aromatic N) is 7. The van der Waals surface area contributed by atoms with Crippen LogP contribution in [0.15, 0.2) is 31.0 Å². The van der Waals surface area contributed by atoms with E-state index in [1.54, 1.807) is 6.92 Å². The molecule has 0 spiro atoms. The van der Waals surface area contributed by atoms with Crippen molar-refractivity contribution >= 4 is 51.6 Å². The van der Waals surface area contributed by atoms with E-state index in [4.69, 9.17) is 0 Å². The highest BCUT2D eigenvalue weighted by molar-refractivity contribution is 7.99. The number of ketones is 1. The number of rotatable bonds is 8. The Morgan fingerprint density at radius 3 is 2.44 bits per heavy atom. The van der Waals surface area contributed by atoms with Gasteiger partial charge in [-0.3, -0.25) is 19.2 Å². The van der Waals surface area contributed by atoms with Crippen molar-refractivity contribution in [3.63, 3.8) is 0 Å². The second-order valence-electron chi connectivity index (χ2n) is 10.1. The molecule has 1 fully saturated rings. The number of thioether (sulfide) groups is 1. The first-order chi connectivity index (χ1) is 20.5. The predicted octanol–water partition coefficient (Wildman–Crippen LogP) is 5.57. The van der Waals surface area contributed by atoms with E-state index in [0.29, 0.717) is 16.2 Å². The monoisotopic (exact) mass is 634 g/mol. The van der Waals surface area contributed by atoms with Crippen LogP contribution in [0.4, 0.5) is 19.0 Å². The maximum absolute atomic E-state index is 13.0. The van der Waals surface area contributed by atoms with Crippen molar-refractivity contribution in [2.75, 3.05) is 36.5 Å². The summed E-state index contributed by atoms with van der Waals surface area (Å²) >= 11 is 3.22. The highest BCUT2D eigenvalue weighted by Crippen LogP contribution is 2.33. The minimum Gasteiger partial charge on any atom is -0.306 e. The molecule has 10 nitrogen and oxygen atoms in total. The summed E-state index contributed by atoms with van der Waals surface area (Å²) in [6.45, 7) is 11.1. The van der Waals surface area contributed by atoms with E-state index in [2.05, 4.69) is 35.3 Å². The van der Waals surface area contributed by atoms with Crippen LogP contribution in [0.5, 0.6) is 0 Å². The van der Waals surface area contributed by atoms with Crippen LogP contribution in [0.25, 0.3) is 11.0 Å². The maximum atomic E-state index is 13.0. The van der Waals surface area contributed by atoms with Crippen molar-refractivity contribution in [3.8, 4) is 0 Å². The summed E-state index contributed by atoms with van der Waals surface area (Å²) in [7, 11) is 0. The van der Waals surface area contributed by atoms with Gasteiger partial charge in [0.2, 0.25) is 0 Å². The molecule has 1 amide bonds. The minimum atomic E-state index is -4.48. The van der Waals surface area contributed by atoms with Gasteiger partial charge in [0.15, 0.2) is 11.4 Å². The number of thiazole rings is 1. The van der Waals surface area contributed by atoms with Crippen molar-refractivity contribution in [1.82, 2.24) is 34.6 Å². The van der Waals surface area contributed by atoms with Crippen LogP contribution in [-0.2, 0) is 19.1 Å². The highest BCUT2D eigenvalue weighted by atomic mass is 32.2. The lowest BCUT2D eigenvalue weighted by Gasteiger charge is -2.25. The quantitative estimate of drug-likeness (QED) is 0.248. The molecule has 1 N–H and O–H groups in total. The van der Waals surface area contributed by atoms with Gasteiger partial charge in [0.1, 0.15) is 22.7 Å². The number of aromatic nitrogens is 6. The summed E-state index contributed by atoms with van der Waals surface area (Å²) in [5, 5.41) is 8.35. The number of hydrogen-bond acceptors (Lipinski definition) is 10. The Labute approximate surface area is 255 Å². The molecular weight excluding hydrogens is 601 g/mol. The molecule has 1 saturated heterocycles. The number of carbonyl (C=O) groups is 2. The van der Waals surface area contributed by atoms with E-state index in [0.717, 1.165) is 48.8 Å². The second kappa shape index (κ2) is 14.4. The molecule has 230 valence electrons. The molecule has 1 aliphatic rings. The van der Waals surface area contributed by atoms with Crippen molar-refractivity contribution < 1.29 is 22.8 Å². The number of halogens is 3. The van der Waals surface area contributed by atoms with Gasteiger partial charge in [-0.1, -0.05) is 20.8 Å². The summed E-state index contributed by atoms with van der Waals surface area (Å²) in [4.78, 5) is 42.6. The van der Waals surface area contributed by atoms with Gasteiger partial charge in [0.25, 0.3) is 5.91 Å². The largest absolute Gasteiger partial charge is 0.416 e. The Morgan fingerprint density at radius 1 is 1.07 bits per heavy atom. The molecule has 4 aromatic heterocycles. The summed E-state index contributed by atoms with van der Waals surface area (Å²) in [5.74, 6) is 1.91. The lowest BCUT2D eigenvalue weighted by atomic mass is 10.1. The van der Waals surface area contributed by atoms with Crippen molar-refractivity contribution in [3.05, 3.63) is 57.7 Å². The van der Waals surface area contributed by atoms with E-state index in [9.17, 15) is 22.8 Å². The Morgan fingerprint density at radius 2 is 1.81 bits per heavy atom. The molecule has 0 saturated carbocycles. The van der Waals surface area contributed by atoms with Gasteiger partial charge in [-0.15, -0.1) is 11.3 Å². The molecule has 5 rings (SSSR count). The average molecular weight is 635 g/mol. The fourth-order valence-electron chi connectivity index (χ4n) is 4.28. The van der Waals surface area contributed by atoms with E-state index in [1.807, 2.05) is 36.5 Å². The van der Waals surface area contributed by atoms with E-state index in [1.165, 1.54) is 42.3 Å². The van der Waals surface area contributed by atoms with Gasteiger partial charge in [-0.05, 0) is 18.1 Å². The van der Waals surface area contributed by atoms with Crippen LogP contribution >= 0.6 is 23.1 Å². The fourth-order valence-corrected chi connectivity index (χ4v) is 6.08. The first-order valence-electron chi connectivity index (χ1n) is 13.8. The molecule has 43 heavy (non-hydrogen) atoms. The molecule has 0 atom stereocenters. The highest BCUT2D eigenvalue weighted by Gasteiger charge is 2.33. The van der Waals surface area contributed by atoms with Crippen LogP contribution in [-0.4, -0.2) is 77.4 Å². The number of fused-ring (bicyclic) bond motifs is 1. The Balaban J connectivity index is 0.000000198. The van der Waals surface area contributed by atoms with Gasteiger partial charge in [0, 0.05) is 56.4 Å². The normalized spacial score (nSPS) is 14.0. The van der Waals surface area contributed by atoms with Gasteiger partial charge < -0.3 is 5.32 Å². The van der Waals surface area contributed by atoms with Crippen molar-refractivity contribution in [2.45, 2.75) is 52.8 Å². The van der Waals surface area contributed by atoms with Gasteiger partial charge in [0.05, 0.1) is 28.7 Å². The zero-order chi connectivity index (χ0) is 31.1. The molecule has 0 aliphatic carbocycles. The third kappa shape index (κ3) is 8.57. The van der Waals surface area contributed by atoms with Crippen LogP contribution in [0.3, 0.4) is 0 Å².